The highest BCUT2D eigenvalue weighted by Gasteiger charge is 2.14. The number of methoxy groups -OCH3 is 1. The third-order valence-corrected chi connectivity index (χ3v) is 6.58. The normalized spacial score (nSPS) is 13.2. The fourth-order valence-corrected chi connectivity index (χ4v) is 4.97. The lowest BCUT2D eigenvalue weighted by Crippen LogP contribution is -2.32. The maximum absolute atomic E-state index is 12.1. The van der Waals surface area contributed by atoms with E-state index in [2.05, 4.69) is 20.8 Å². The predicted molar refractivity (Wildman–Crippen MR) is 129 cm³/mol. The van der Waals surface area contributed by atoms with E-state index in [4.69, 9.17) is 4.74 Å². The minimum Gasteiger partial charge on any atom is -0.496 e. The molecule has 2 amide bonds. The van der Waals surface area contributed by atoms with Gasteiger partial charge in [-0.1, -0.05) is 29.6 Å². The van der Waals surface area contributed by atoms with E-state index in [0.29, 0.717) is 5.69 Å². The Balaban J connectivity index is 1.58. The van der Waals surface area contributed by atoms with Crippen molar-refractivity contribution in [3.05, 3.63) is 58.7 Å². The minimum absolute atomic E-state index is 0.573. The second-order valence-corrected chi connectivity index (χ2v) is 9.19. The second kappa shape index (κ2) is 11.0. The Morgan fingerprint density at radius 2 is 1.97 bits per heavy atom. The lowest BCUT2D eigenvalue weighted by atomic mass is 10.1. The van der Waals surface area contributed by atoms with Crippen molar-refractivity contribution in [2.75, 3.05) is 24.7 Å². The van der Waals surface area contributed by atoms with E-state index >= 15 is 0 Å². The lowest BCUT2D eigenvalue weighted by molar-refractivity contribution is -0.136. The largest absolute Gasteiger partial charge is 0.496 e. The minimum atomic E-state index is -0.837. The summed E-state index contributed by atoms with van der Waals surface area (Å²) in [6.45, 7) is 4.72. The number of ether oxygens (including phenoxy) is 1. The number of anilines is 1. The van der Waals surface area contributed by atoms with Gasteiger partial charge < -0.3 is 10.1 Å². The van der Waals surface area contributed by atoms with Crippen LogP contribution >= 0.6 is 23.5 Å². The van der Waals surface area contributed by atoms with Gasteiger partial charge in [-0.05, 0) is 60.9 Å². The predicted octanol–water partition coefficient (Wildman–Crippen LogP) is 3.74. The van der Waals surface area contributed by atoms with Gasteiger partial charge in [0.15, 0.2) is 0 Å². The summed E-state index contributed by atoms with van der Waals surface area (Å²) in [6.07, 6.45) is 1.50. The molecule has 2 N–H and O–H groups in total. The molecule has 0 radical (unpaired) electrons. The van der Waals surface area contributed by atoms with E-state index in [0.717, 1.165) is 50.4 Å². The highest BCUT2D eigenvalue weighted by Crippen LogP contribution is 2.29. The number of thioether (sulfide) groups is 2. The van der Waals surface area contributed by atoms with Crippen molar-refractivity contribution in [2.24, 2.45) is 10.1 Å². The maximum atomic E-state index is 12.1. The molecule has 31 heavy (non-hydrogen) atoms. The molecule has 2 aromatic carbocycles. The van der Waals surface area contributed by atoms with Crippen molar-refractivity contribution in [2.45, 2.75) is 19.6 Å². The summed E-state index contributed by atoms with van der Waals surface area (Å²) in [7, 11) is 1.63. The van der Waals surface area contributed by atoms with Crippen LogP contribution in [-0.4, -0.2) is 41.8 Å². The highest BCUT2D eigenvalue weighted by atomic mass is 32.2. The quantitative estimate of drug-likeness (QED) is 0.393. The number of rotatable bonds is 6. The van der Waals surface area contributed by atoms with E-state index in [9.17, 15) is 9.59 Å². The van der Waals surface area contributed by atoms with E-state index in [1.54, 1.807) is 42.8 Å². The molecule has 1 aliphatic heterocycles. The van der Waals surface area contributed by atoms with Crippen LogP contribution in [0.15, 0.2) is 46.5 Å². The molecule has 1 heterocycles. The molecule has 0 spiro atoms. The number of amides is 2. The Hall–Kier alpha value is -2.78. The monoisotopic (exact) mass is 456 g/mol. The van der Waals surface area contributed by atoms with Crippen molar-refractivity contribution in [1.29, 1.82) is 0 Å². The van der Waals surface area contributed by atoms with Gasteiger partial charge in [0.05, 0.1) is 19.9 Å². The third-order valence-electron chi connectivity index (χ3n) is 4.28. The SMILES string of the molecule is COc1ccc(C=NNC(=O)C(=O)Nc2cc(C)cc(C)c2)cc1CSC1=NCCS1. The zero-order chi connectivity index (χ0) is 22.2. The van der Waals surface area contributed by atoms with E-state index < -0.39 is 11.8 Å². The fraction of sp³-hybridized carbons (Fsp3) is 0.273. The number of nitrogens with zero attached hydrogens (tertiary/aromatic N) is 2. The molecule has 0 saturated carbocycles. The molecule has 0 aliphatic carbocycles. The Labute approximate surface area is 190 Å². The molecule has 9 heteroatoms. The second-order valence-electron chi connectivity index (χ2n) is 6.89. The van der Waals surface area contributed by atoms with Crippen LogP contribution in [0.5, 0.6) is 5.75 Å². The van der Waals surface area contributed by atoms with Crippen LogP contribution in [0, 0.1) is 13.8 Å². The summed E-state index contributed by atoms with van der Waals surface area (Å²) >= 11 is 3.44. The summed E-state index contributed by atoms with van der Waals surface area (Å²) < 4.78 is 6.52. The number of carbonyl (C=O) groups is 2. The van der Waals surface area contributed by atoms with Crippen LogP contribution < -0.4 is 15.5 Å². The molecule has 0 aromatic heterocycles. The summed E-state index contributed by atoms with van der Waals surface area (Å²) in [4.78, 5) is 28.6. The van der Waals surface area contributed by atoms with Crippen LogP contribution in [0.25, 0.3) is 0 Å². The van der Waals surface area contributed by atoms with Crippen molar-refractivity contribution < 1.29 is 14.3 Å². The molecular weight excluding hydrogens is 432 g/mol. The van der Waals surface area contributed by atoms with Crippen molar-refractivity contribution in [3.63, 3.8) is 0 Å². The molecule has 0 saturated heterocycles. The molecule has 0 bridgehead atoms. The number of hydrogen-bond acceptors (Lipinski definition) is 7. The van der Waals surface area contributed by atoms with Gasteiger partial charge in [0, 0.05) is 22.8 Å². The molecule has 2 aromatic rings. The Morgan fingerprint density at radius 3 is 2.65 bits per heavy atom. The molecule has 3 rings (SSSR count). The number of hydrogen-bond donors (Lipinski definition) is 2. The van der Waals surface area contributed by atoms with Gasteiger partial charge in [-0.3, -0.25) is 14.6 Å². The van der Waals surface area contributed by atoms with Crippen LogP contribution in [0.2, 0.25) is 0 Å². The van der Waals surface area contributed by atoms with Gasteiger partial charge in [-0.25, -0.2) is 5.43 Å². The summed E-state index contributed by atoms with van der Waals surface area (Å²) in [5.41, 5.74) is 6.63. The van der Waals surface area contributed by atoms with Crippen molar-refractivity contribution in [1.82, 2.24) is 5.43 Å². The number of hydrazone groups is 1. The summed E-state index contributed by atoms with van der Waals surface area (Å²) in [6, 6.07) is 11.2. The molecule has 0 atom stereocenters. The third kappa shape index (κ3) is 6.86. The van der Waals surface area contributed by atoms with Crippen LogP contribution in [0.3, 0.4) is 0 Å². The fourth-order valence-electron chi connectivity index (χ4n) is 2.98. The molecule has 0 fully saturated rings. The van der Waals surface area contributed by atoms with E-state index in [1.165, 1.54) is 6.21 Å². The zero-order valence-electron chi connectivity index (χ0n) is 17.6. The van der Waals surface area contributed by atoms with Crippen molar-refractivity contribution in [3.8, 4) is 5.75 Å². The van der Waals surface area contributed by atoms with Gasteiger partial charge >= 0.3 is 11.8 Å². The average Bonchev–Trinajstić information content (AvgIpc) is 3.25. The summed E-state index contributed by atoms with van der Waals surface area (Å²) in [5.74, 6) is 0.925. The first-order valence-electron chi connectivity index (χ1n) is 9.64. The molecular formula is C22H24N4O3S2. The molecule has 0 unspecified atom stereocenters. The van der Waals surface area contributed by atoms with E-state index in [1.807, 2.05) is 38.1 Å². The Morgan fingerprint density at radius 1 is 1.19 bits per heavy atom. The number of benzene rings is 2. The number of nitrogens with one attached hydrogen (secondary N) is 2. The Bertz CT molecular complexity index is 1020. The molecule has 1 aliphatic rings. The standard InChI is InChI=1S/C22H24N4O3S2/c1-14-8-15(2)10-18(9-14)25-20(27)21(28)26-24-12-16-4-5-19(29-3)17(11-16)13-31-22-23-6-7-30-22/h4-5,8-12H,6-7,13H2,1-3H3,(H,25,27)(H,26,28). The van der Waals surface area contributed by atoms with Crippen LogP contribution in [-0.2, 0) is 15.3 Å². The topological polar surface area (TPSA) is 92.1 Å². The molecule has 7 nitrogen and oxygen atoms in total. The first kappa shape index (κ1) is 22.9. The van der Waals surface area contributed by atoms with Crippen molar-refractivity contribution >= 4 is 51.6 Å². The summed E-state index contributed by atoms with van der Waals surface area (Å²) in [5, 5.41) is 6.49. The van der Waals surface area contributed by atoms with Crippen LogP contribution in [0.1, 0.15) is 22.3 Å². The van der Waals surface area contributed by atoms with Gasteiger partial charge in [-0.2, -0.15) is 5.10 Å². The highest BCUT2D eigenvalue weighted by molar-refractivity contribution is 8.38. The van der Waals surface area contributed by atoms with Crippen LogP contribution in [0.4, 0.5) is 5.69 Å². The maximum Gasteiger partial charge on any atom is 0.329 e. The van der Waals surface area contributed by atoms with Gasteiger partial charge in [0.2, 0.25) is 0 Å². The number of carbonyl (C=O) groups excluding carboxylic acids is 2. The Kier molecular flexibility index (Phi) is 8.13. The first-order valence-corrected chi connectivity index (χ1v) is 11.6. The smallest absolute Gasteiger partial charge is 0.329 e. The average molecular weight is 457 g/mol. The zero-order valence-corrected chi connectivity index (χ0v) is 19.2. The van der Waals surface area contributed by atoms with Gasteiger partial charge in [-0.15, -0.1) is 0 Å². The van der Waals surface area contributed by atoms with E-state index in [-0.39, 0.29) is 0 Å². The first-order chi connectivity index (χ1) is 14.9. The molecule has 162 valence electrons. The van der Waals surface area contributed by atoms with Gasteiger partial charge in [0.25, 0.3) is 0 Å². The lowest BCUT2D eigenvalue weighted by Gasteiger charge is -2.09. The number of aryl methyl sites for hydroxylation is 2. The number of aliphatic imine (C=N–C) groups is 1. The van der Waals surface area contributed by atoms with Gasteiger partial charge in [0.1, 0.15) is 10.1 Å².